The van der Waals surface area contributed by atoms with Crippen molar-refractivity contribution in [2.24, 2.45) is 17.3 Å². The van der Waals surface area contributed by atoms with Gasteiger partial charge in [-0.1, -0.05) is 108 Å². The second kappa shape index (κ2) is 10.4. The van der Waals surface area contributed by atoms with Gasteiger partial charge in [-0.25, -0.2) is 4.39 Å². The van der Waals surface area contributed by atoms with E-state index in [0.29, 0.717) is 6.42 Å². The Morgan fingerprint density at radius 1 is 0.929 bits per heavy atom. The molecule has 1 aromatic carbocycles. The summed E-state index contributed by atoms with van der Waals surface area (Å²) in [5.41, 5.74) is 1.82. The monoisotopic (exact) mass is 382 g/mol. The van der Waals surface area contributed by atoms with E-state index in [9.17, 15) is 0 Å². The maximum atomic E-state index is 15.0. The van der Waals surface area contributed by atoms with Crippen molar-refractivity contribution in [3.8, 4) is 0 Å². The Balaban J connectivity index is 1.50. The van der Waals surface area contributed by atoms with Gasteiger partial charge in [0.15, 0.2) is 0 Å². The van der Waals surface area contributed by atoms with Crippen LogP contribution in [0.4, 0.5) is 4.39 Å². The van der Waals surface area contributed by atoms with E-state index in [4.69, 9.17) is 0 Å². The lowest BCUT2D eigenvalue weighted by Crippen LogP contribution is -2.23. The minimum absolute atomic E-state index is 0.0281. The van der Waals surface area contributed by atoms with Gasteiger partial charge in [0.25, 0.3) is 0 Å². The zero-order valence-electron chi connectivity index (χ0n) is 18.1. The van der Waals surface area contributed by atoms with E-state index in [1.807, 2.05) is 30.3 Å². The molecule has 1 unspecified atom stereocenters. The number of halogens is 1. The van der Waals surface area contributed by atoms with Crippen LogP contribution in [0, 0.1) is 17.3 Å². The molecule has 0 N–H and O–H groups in total. The number of hydrogen-bond acceptors (Lipinski definition) is 0. The molecule has 154 valence electrons. The SMILES string of the molecule is CCCCCC1CCC(CCC2(CC)C=CC(c3ccccc3)=C(F)C2)CC1. The van der Waals surface area contributed by atoms with Crippen LogP contribution in [-0.2, 0) is 0 Å². The van der Waals surface area contributed by atoms with Crippen LogP contribution in [0.15, 0.2) is 48.3 Å². The summed E-state index contributed by atoms with van der Waals surface area (Å²) in [6.07, 6.45) is 19.7. The van der Waals surface area contributed by atoms with Crippen molar-refractivity contribution in [1.82, 2.24) is 0 Å². The summed E-state index contributed by atoms with van der Waals surface area (Å²) in [4.78, 5) is 0. The molecule has 1 heteroatoms. The van der Waals surface area contributed by atoms with Crippen molar-refractivity contribution >= 4 is 5.57 Å². The summed E-state index contributed by atoms with van der Waals surface area (Å²) < 4.78 is 15.0. The molecule has 1 aromatic rings. The number of rotatable bonds is 9. The zero-order chi connectivity index (χ0) is 19.8. The first kappa shape index (κ1) is 21.3. The Labute approximate surface area is 172 Å². The van der Waals surface area contributed by atoms with E-state index >= 15 is 4.39 Å². The van der Waals surface area contributed by atoms with E-state index in [1.54, 1.807) is 0 Å². The lowest BCUT2D eigenvalue weighted by molar-refractivity contribution is 0.212. The van der Waals surface area contributed by atoms with Gasteiger partial charge in [-0.3, -0.25) is 0 Å². The van der Waals surface area contributed by atoms with Crippen LogP contribution in [0.2, 0.25) is 0 Å². The molecule has 0 aliphatic heterocycles. The van der Waals surface area contributed by atoms with Gasteiger partial charge in [-0.05, 0) is 42.1 Å². The largest absolute Gasteiger partial charge is 0.211 e. The highest BCUT2D eigenvalue weighted by Crippen LogP contribution is 2.45. The van der Waals surface area contributed by atoms with Gasteiger partial charge in [0.2, 0.25) is 0 Å². The third-order valence-corrected chi connectivity index (χ3v) is 7.42. The molecule has 2 aliphatic rings. The lowest BCUT2D eigenvalue weighted by atomic mass is 9.70. The minimum atomic E-state index is 0.0281. The van der Waals surface area contributed by atoms with Crippen LogP contribution in [0.5, 0.6) is 0 Å². The van der Waals surface area contributed by atoms with Crippen LogP contribution in [-0.4, -0.2) is 0 Å². The van der Waals surface area contributed by atoms with Gasteiger partial charge >= 0.3 is 0 Å². The van der Waals surface area contributed by atoms with Gasteiger partial charge in [0.1, 0.15) is 5.83 Å². The third kappa shape index (κ3) is 5.58. The Morgan fingerprint density at radius 2 is 1.61 bits per heavy atom. The molecule has 1 fully saturated rings. The molecule has 3 rings (SSSR count). The first-order valence-electron chi connectivity index (χ1n) is 11.8. The minimum Gasteiger partial charge on any atom is -0.211 e. The lowest BCUT2D eigenvalue weighted by Gasteiger charge is -2.35. The van der Waals surface area contributed by atoms with Crippen molar-refractivity contribution in [2.75, 3.05) is 0 Å². The summed E-state index contributed by atoms with van der Waals surface area (Å²) in [6.45, 7) is 4.52. The molecular formula is C27H39F. The second-order valence-corrected chi connectivity index (χ2v) is 9.33. The molecule has 1 saturated carbocycles. The first-order chi connectivity index (χ1) is 13.7. The molecule has 0 spiro atoms. The highest BCUT2D eigenvalue weighted by atomic mass is 19.1. The molecule has 0 aromatic heterocycles. The molecule has 0 radical (unpaired) electrons. The predicted molar refractivity (Wildman–Crippen MR) is 120 cm³/mol. The van der Waals surface area contributed by atoms with Gasteiger partial charge in [0, 0.05) is 12.0 Å². The maximum absolute atomic E-state index is 15.0. The van der Waals surface area contributed by atoms with Crippen LogP contribution >= 0.6 is 0 Å². The predicted octanol–water partition coefficient (Wildman–Crippen LogP) is 8.89. The van der Waals surface area contributed by atoms with Gasteiger partial charge in [-0.15, -0.1) is 0 Å². The number of hydrogen-bond donors (Lipinski definition) is 0. The number of benzene rings is 1. The molecule has 0 nitrogen and oxygen atoms in total. The van der Waals surface area contributed by atoms with Crippen LogP contribution < -0.4 is 0 Å². The Bertz CT molecular complexity index is 648. The van der Waals surface area contributed by atoms with E-state index in [0.717, 1.165) is 35.8 Å². The summed E-state index contributed by atoms with van der Waals surface area (Å²) in [5.74, 6) is 1.92. The van der Waals surface area contributed by atoms with Gasteiger partial charge in [-0.2, -0.15) is 0 Å². The van der Waals surface area contributed by atoms with Crippen molar-refractivity contribution in [2.45, 2.75) is 90.9 Å². The van der Waals surface area contributed by atoms with Crippen LogP contribution in [0.25, 0.3) is 5.57 Å². The van der Waals surface area contributed by atoms with Crippen molar-refractivity contribution in [3.63, 3.8) is 0 Å². The Kier molecular flexibility index (Phi) is 7.94. The highest BCUT2D eigenvalue weighted by Gasteiger charge is 2.32. The molecule has 0 saturated heterocycles. The summed E-state index contributed by atoms with van der Waals surface area (Å²) in [7, 11) is 0. The standard InChI is InChI=1S/C27H39F/c1-3-5-7-10-22-13-15-23(16-14-22)17-19-27(4-2)20-18-25(26(28)21-27)24-11-8-6-9-12-24/h6,8-9,11-12,18,20,22-23H,3-5,7,10,13-17,19,21H2,1-2H3. The topological polar surface area (TPSA) is 0 Å². The Morgan fingerprint density at radius 3 is 2.21 bits per heavy atom. The highest BCUT2D eigenvalue weighted by molar-refractivity contribution is 5.76. The fourth-order valence-electron chi connectivity index (χ4n) is 5.26. The smallest absolute Gasteiger partial charge is 0.109 e. The molecule has 0 bridgehead atoms. The average molecular weight is 383 g/mol. The van der Waals surface area contributed by atoms with Crippen LogP contribution in [0.1, 0.15) is 96.5 Å². The normalized spacial score (nSPS) is 28.0. The van der Waals surface area contributed by atoms with Crippen molar-refractivity contribution in [3.05, 3.63) is 53.9 Å². The second-order valence-electron chi connectivity index (χ2n) is 9.33. The fraction of sp³-hybridized carbons (Fsp3) is 0.630. The maximum Gasteiger partial charge on any atom is 0.109 e. The average Bonchev–Trinajstić information content (AvgIpc) is 2.74. The summed E-state index contributed by atoms with van der Waals surface area (Å²) in [5, 5.41) is 0. The van der Waals surface area contributed by atoms with Crippen molar-refractivity contribution < 1.29 is 4.39 Å². The quantitative estimate of drug-likeness (QED) is 0.374. The molecule has 2 aliphatic carbocycles. The summed E-state index contributed by atoms with van der Waals surface area (Å²) in [6, 6.07) is 9.99. The third-order valence-electron chi connectivity index (χ3n) is 7.42. The molecular weight excluding hydrogens is 343 g/mol. The van der Waals surface area contributed by atoms with E-state index in [1.165, 1.54) is 57.8 Å². The van der Waals surface area contributed by atoms with Gasteiger partial charge in [0.05, 0.1) is 0 Å². The fourth-order valence-corrected chi connectivity index (χ4v) is 5.26. The number of allylic oxidation sites excluding steroid dienone is 4. The molecule has 28 heavy (non-hydrogen) atoms. The molecule has 1 atom stereocenters. The van der Waals surface area contributed by atoms with E-state index in [-0.39, 0.29) is 11.2 Å². The summed E-state index contributed by atoms with van der Waals surface area (Å²) >= 11 is 0. The molecule has 0 amide bonds. The van der Waals surface area contributed by atoms with E-state index < -0.39 is 0 Å². The molecule has 0 heterocycles. The Hall–Kier alpha value is -1.37. The van der Waals surface area contributed by atoms with Crippen LogP contribution in [0.3, 0.4) is 0 Å². The number of unbranched alkanes of at least 4 members (excludes halogenated alkanes) is 2. The van der Waals surface area contributed by atoms with E-state index in [2.05, 4.69) is 26.0 Å². The van der Waals surface area contributed by atoms with Gasteiger partial charge < -0.3 is 0 Å². The van der Waals surface area contributed by atoms with Crippen molar-refractivity contribution in [1.29, 1.82) is 0 Å². The zero-order valence-corrected chi connectivity index (χ0v) is 18.1. The first-order valence-corrected chi connectivity index (χ1v) is 11.8.